The van der Waals surface area contributed by atoms with E-state index >= 15 is 0 Å². The molecule has 0 unspecified atom stereocenters. The van der Waals surface area contributed by atoms with E-state index in [-0.39, 0.29) is 18.5 Å². The lowest BCUT2D eigenvalue weighted by molar-refractivity contribution is 0.108. The first kappa shape index (κ1) is 18.5. The molecule has 24 heavy (non-hydrogen) atoms. The second-order valence-corrected chi connectivity index (χ2v) is 5.85. The largest absolute Gasteiger partial charge is 0.356 e. The maximum atomic E-state index is 6.09. The Labute approximate surface area is 151 Å². The van der Waals surface area contributed by atoms with Crippen molar-refractivity contribution in [3.05, 3.63) is 71.8 Å². The molecule has 1 aliphatic rings. The van der Waals surface area contributed by atoms with Crippen LogP contribution in [-0.4, -0.2) is 31.1 Å². The first-order chi connectivity index (χ1) is 11.4. The molecule has 1 saturated heterocycles. The lowest BCUT2D eigenvalue weighted by Gasteiger charge is -2.17. The summed E-state index contributed by atoms with van der Waals surface area (Å²) in [6.45, 7) is 3.70. The van der Waals surface area contributed by atoms with E-state index in [0.29, 0.717) is 6.61 Å². The molecule has 3 heteroatoms. The van der Waals surface area contributed by atoms with Crippen molar-refractivity contribution in [3.8, 4) is 11.8 Å². The highest BCUT2D eigenvalue weighted by atomic mass is 35.5. The number of ether oxygens (including phenoxy) is 1. The molecule has 0 spiro atoms. The number of likely N-dealkylation sites (tertiary alicyclic amines) is 1. The Kier molecular flexibility index (Phi) is 7.85. The minimum absolute atomic E-state index is 0. The summed E-state index contributed by atoms with van der Waals surface area (Å²) in [4.78, 5) is 2.40. The Bertz CT molecular complexity index is 602. The van der Waals surface area contributed by atoms with Crippen LogP contribution in [-0.2, 0) is 4.74 Å². The summed E-state index contributed by atoms with van der Waals surface area (Å²) in [6.07, 6.45) is 2.56. The molecular weight excluding hydrogens is 318 g/mol. The fraction of sp³-hybridized carbons (Fsp3) is 0.333. The smallest absolute Gasteiger partial charge is 0.109 e. The van der Waals surface area contributed by atoms with Crippen molar-refractivity contribution in [2.75, 3.05) is 26.2 Å². The molecule has 3 rings (SSSR count). The van der Waals surface area contributed by atoms with Gasteiger partial charge >= 0.3 is 0 Å². The van der Waals surface area contributed by atoms with Crippen LogP contribution in [0.15, 0.2) is 60.7 Å². The summed E-state index contributed by atoms with van der Waals surface area (Å²) >= 11 is 0. The van der Waals surface area contributed by atoms with E-state index in [4.69, 9.17) is 4.74 Å². The Balaban J connectivity index is 0.00000208. The zero-order valence-corrected chi connectivity index (χ0v) is 14.7. The predicted octanol–water partition coefficient (Wildman–Crippen LogP) is 4.31. The topological polar surface area (TPSA) is 12.5 Å². The van der Waals surface area contributed by atoms with Crippen LogP contribution in [0.25, 0.3) is 0 Å². The zero-order chi connectivity index (χ0) is 15.7. The fourth-order valence-electron chi connectivity index (χ4n) is 2.93. The van der Waals surface area contributed by atoms with Crippen molar-refractivity contribution in [2.45, 2.75) is 18.9 Å². The molecule has 2 nitrogen and oxygen atoms in total. The molecule has 0 aliphatic carbocycles. The fourth-order valence-corrected chi connectivity index (χ4v) is 2.93. The molecule has 0 radical (unpaired) electrons. The van der Waals surface area contributed by atoms with E-state index in [2.05, 4.69) is 41.0 Å². The number of rotatable bonds is 5. The lowest BCUT2D eigenvalue weighted by atomic mass is 10.0. The number of benzene rings is 2. The van der Waals surface area contributed by atoms with Gasteiger partial charge in [-0.05, 0) is 37.1 Å². The first-order valence-electron chi connectivity index (χ1n) is 8.33. The summed E-state index contributed by atoms with van der Waals surface area (Å²) in [6, 6.07) is 20.7. The second-order valence-electron chi connectivity index (χ2n) is 5.85. The Morgan fingerprint density at radius 1 is 0.833 bits per heavy atom. The molecule has 0 N–H and O–H groups in total. The number of hydrogen-bond acceptors (Lipinski definition) is 2. The summed E-state index contributed by atoms with van der Waals surface area (Å²) in [7, 11) is 0. The Hall–Kier alpha value is -1.79. The maximum absolute atomic E-state index is 6.09. The Morgan fingerprint density at radius 2 is 1.38 bits per heavy atom. The number of nitrogens with zero attached hydrogens (tertiary/aromatic N) is 1. The van der Waals surface area contributed by atoms with E-state index in [9.17, 15) is 0 Å². The molecule has 2 aromatic carbocycles. The van der Waals surface area contributed by atoms with E-state index in [1.165, 1.54) is 37.1 Å². The molecule has 0 bridgehead atoms. The van der Waals surface area contributed by atoms with Crippen molar-refractivity contribution >= 4 is 12.4 Å². The predicted molar refractivity (Wildman–Crippen MR) is 101 cm³/mol. The minimum Gasteiger partial charge on any atom is -0.356 e. The molecule has 1 fully saturated rings. The molecule has 126 valence electrons. The van der Waals surface area contributed by atoms with Gasteiger partial charge < -0.3 is 4.74 Å². The molecule has 0 aromatic heterocycles. The standard InChI is InChI=1S/C21H23NO.ClH/c1-3-11-19(12-4-1)21(20-13-5-2-6-14-20)23-18-10-9-17-22-15-7-8-16-22;/h1-6,11-14,21H,7-8,15-18H2;1H. The molecule has 1 heterocycles. The van der Waals surface area contributed by atoms with Gasteiger partial charge in [-0.3, -0.25) is 4.90 Å². The van der Waals surface area contributed by atoms with Gasteiger partial charge in [0.1, 0.15) is 12.7 Å². The average Bonchev–Trinajstić information content (AvgIpc) is 3.13. The highest BCUT2D eigenvalue weighted by molar-refractivity contribution is 5.85. The van der Waals surface area contributed by atoms with E-state index in [0.717, 1.165) is 6.54 Å². The van der Waals surface area contributed by atoms with Crippen LogP contribution in [0.5, 0.6) is 0 Å². The van der Waals surface area contributed by atoms with Crippen molar-refractivity contribution in [2.24, 2.45) is 0 Å². The van der Waals surface area contributed by atoms with Crippen molar-refractivity contribution in [1.29, 1.82) is 0 Å². The van der Waals surface area contributed by atoms with Gasteiger partial charge in [0.05, 0.1) is 6.54 Å². The highest BCUT2D eigenvalue weighted by Crippen LogP contribution is 2.25. The Morgan fingerprint density at radius 3 is 1.92 bits per heavy atom. The van der Waals surface area contributed by atoms with Crippen LogP contribution in [0.2, 0.25) is 0 Å². The monoisotopic (exact) mass is 341 g/mol. The minimum atomic E-state index is -0.0570. The summed E-state index contributed by atoms with van der Waals surface area (Å²) in [5.74, 6) is 6.40. The van der Waals surface area contributed by atoms with Gasteiger partial charge in [-0.1, -0.05) is 72.5 Å². The summed E-state index contributed by atoms with van der Waals surface area (Å²) in [5.41, 5.74) is 2.33. The molecule has 0 atom stereocenters. The number of hydrogen-bond donors (Lipinski definition) is 0. The maximum Gasteiger partial charge on any atom is 0.109 e. The second kappa shape index (κ2) is 10.2. The van der Waals surface area contributed by atoms with Crippen LogP contribution in [0.4, 0.5) is 0 Å². The van der Waals surface area contributed by atoms with E-state index in [1.54, 1.807) is 0 Å². The summed E-state index contributed by atoms with van der Waals surface area (Å²) < 4.78 is 6.09. The van der Waals surface area contributed by atoms with Crippen LogP contribution < -0.4 is 0 Å². The van der Waals surface area contributed by atoms with Crippen LogP contribution >= 0.6 is 12.4 Å². The van der Waals surface area contributed by atoms with E-state index < -0.39 is 0 Å². The van der Waals surface area contributed by atoms with Gasteiger partial charge in [0.2, 0.25) is 0 Å². The van der Waals surface area contributed by atoms with Crippen LogP contribution in [0, 0.1) is 11.8 Å². The third-order valence-corrected chi connectivity index (χ3v) is 4.15. The van der Waals surface area contributed by atoms with Crippen LogP contribution in [0.3, 0.4) is 0 Å². The summed E-state index contributed by atoms with van der Waals surface area (Å²) in [5, 5.41) is 0. The SMILES string of the molecule is C(#CCN1CCCC1)COC(c1ccccc1)c1ccccc1.Cl. The normalized spacial score (nSPS) is 14.0. The van der Waals surface area contributed by atoms with Gasteiger partial charge in [0.25, 0.3) is 0 Å². The molecule has 0 saturated carbocycles. The molecular formula is C21H24ClNO. The van der Waals surface area contributed by atoms with Gasteiger partial charge in [-0.15, -0.1) is 12.4 Å². The number of halogens is 1. The van der Waals surface area contributed by atoms with Crippen molar-refractivity contribution in [1.82, 2.24) is 4.90 Å². The van der Waals surface area contributed by atoms with Gasteiger partial charge in [0, 0.05) is 0 Å². The first-order valence-corrected chi connectivity index (χ1v) is 8.33. The third kappa shape index (κ3) is 5.39. The highest BCUT2D eigenvalue weighted by Gasteiger charge is 2.13. The van der Waals surface area contributed by atoms with Gasteiger partial charge in [-0.2, -0.15) is 0 Å². The average molecular weight is 342 g/mol. The van der Waals surface area contributed by atoms with Gasteiger partial charge in [-0.25, -0.2) is 0 Å². The third-order valence-electron chi connectivity index (χ3n) is 4.15. The van der Waals surface area contributed by atoms with E-state index in [1.807, 2.05) is 36.4 Å². The molecule has 2 aromatic rings. The lowest BCUT2D eigenvalue weighted by Crippen LogP contribution is -2.19. The zero-order valence-electron chi connectivity index (χ0n) is 13.9. The molecule has 1 aliphatic heterocycles. The van der Waals surface area contributed by atoms with Crippen molar-refractivity contribution in [3.63, 3.8) is 0 Å². The van der Waals surface area contributed by atoms with Gasteiger partial charge in [0.15, 0.2) is 0 Å². The van der Waals surface area contributed by atoms with Crippen LogP contribution in [0.1, 0.15) is 30.1 Å². The van der Waals surface area contributed by atoms with Crippen molar-refractivity contribution < 1.29 is 4.74 Å². The molecule has 0 amide bonds. The quantitative estimate of drug-likeness (QED) is 0.751.